The maximum Gasteiger partial charge on any atom is 0.264 e. The fraction of sp³-hybridized carbons (Fsp3) is 0.240. The standard InChI is InChI=1S/C25H23F2N5O5S/c1-36-23-21(31-38(34,35)22-5-3-16(26)12-19(22)27)11-15(13-29-23)14-2-4-20-18(10-14)24(33)32(25(28)30-20)17-6-8-37-9-7-17/h2-5,10-13,17,31H,6-9H2,1H3,(H2,28,30). The zero-order valence-corrected chi connectivity index (χ0v) is 21.0. The van der Waals surface area contributed by atoms with Crippen molar-refractivity contribution in [2.75, 3.05) is 30.8 Å². The summed E-state index contributed by atoms with van der Waals surface area (Å²) in [7, 11) is -3.16. The van der Waals surface area contributed by atoms with Crippen molar-refractivity contribution in [2.45, 2.75) is 23.8 Å². The zero-order valence-electron chi connectivity index (χ0n) is 20.1. The molecule has 3 heterocycles. The van der Waals surface area contributed by atoms with E-state index in [1.807, 2.05) is 0 Å². The van der Waals surface area contributed by atoms with Crippen molar-refractivity contribution in [2.24, 2.45) is 0 Å². The molecule has 0 unspecified atom stereocenters. The van der Waals surface area contributed by atoms with Crippen molar-refractivity contribution in [1.29, 1.82) is 0 Å². The van der Waals surface area contributed by atoms with Crippen molar-refractivity contribution in [1.82, 2.24) is 14.5 Å². The first-order valence-corrected chi connectivity index (χ1v) is 13.1. The average molecular weight is 544 g/mol. The second-order valence-corrected chi connectivity index (χ2v) is 10.3. The number of nitrogens with zero attached hydrogens (tertiary/aromatic N) is 3. The number of methoxy groups -OCH3 is 1. The highest BCUT2D eigenvalue weighted by Gasteiger charge is 2.23. The molecule has 1 saturated heterocycles. The van der Waals surface area contributed by atoms with Crippen LogP contribution in [0.25, 0.3) is 22.0 Å². The number of nitrogen functional groups attached to an aromatic ring is 1. The molecule has 0 saturated carbocycles. The van der Waals surface area contributed by atoms with E-state index in [2.05, 4.69) is 14.7 Å². The number of fused-ring (bicyclic) bond motifs is 1. The van der Waals surface area contributed by atoms with Gasteiger partial charge in [0.25, 0.3) is 15.6 Å². The van der Waals surface area contributed by atoms with Gasteiger partial charge in [-0.15, -0.1) is 0 Å². The van der Waals surface area contributed by atoms with Crippen LogP contribution in [0.4, 0.5) is 20.4 Å². The van der Waals surface area contributed by atoms with Crippen LogP contribution in [0.3, 0.4) is 0 Å². The SMILES string of the molecule is COc1ncc(-c2ccc3nc(N)n(C4CCOCC4)c(=O)c3c2)cc1NS(=O)(=O)c1ccc(F)cc1F. The Morgan fingerprint density at radius 3 is 2.58 bits per heavy atom. The Labute approximate surface area is 216 Å². The van der Waals surface area contributed by atoms with Crippen LogP contribution in [0.15, 0.2) is 58.4 Å². The molecule has 4 aromatic rings. The average Bonchev–Trinajstić information content (AvgIpc) is 2.88. The van der Waals surface area contributed by atoms with Gasteiger partial charge in [0, 0.05) is 37.1 Å². The number of hydrogen-bond donors (Lipinski definition) is 2. The van der Waals surface area contributed by atoms with E-state index < -0.39 is 26.6 Å². The van der Waals surface area contributed by atoms with Crippen molar-refractivity contribution in [3.8, 4) is 17.0 Å². The molecule has 10 nitrogen and oxygen atoms in total. The van der Waals surface area contributed by atoms with Crippen molar-refractivity contribution >= 4 is 32.6 Å². The van der Waals surface area contributed by atoms with Crippen LogP contribution < -0.4 is 20.8 Å². The van der Waals surface area contributed by atoms with E-state index >= 15 is 0 Å². The van der Waals surface area contributed by atoms with Crippen molar-refractivity contribution in [3.63, 3.8) is 0 Å². The molecule has 3 N–H and O–H groups in total. The van der Waals surface area contributed by atoms with E-state index in [0.29, 0.717) is 54.2 Å². The van der Waals surface area contributed by atoms with Gasteiger partial charge in [0.05, 0.1) is 18.0 Å². The van der Waals surface area contributed by atoms with Gasteiger partial charge in [-0.2, -0.15) is 0 Å². The summed E-state index contributed by atoms with van der Waals surface area (Å²) in [5, 5.41) is 0.328. The lowest BCUT2D eigenvalue weighted by Crippen LogP contribution is -2.31. The van der Waals surface area contributed by atoms with Gasteiger partial charge in [-0.3, -0.25) is 14.1 Å². The van der Waals surface area contributed by atoms with Crippen LogP contribution in [0.2, 0.25) is 0 Å². The second-order valence-electron chi connectivity index (χ2n) is 8.68. The van der Waals surface area contributed by atoms with Gasteiger partial charge in [-0.05, 0) is 48.7 Å². The number of hydrogen-bond acceptors (Lipinski definition) is 8. The number of anilines is 2. The first-order valence-electron chi connectivity index (χ1n) is 11.6. The van der Waals surface area contributed by atoms with Crippen LogP contribution in [0, 0.1) is 11.6 Å². The Balaban J connectivity index is 1.56. The lowest BCUT2D eigenvalue weighted by Gasteiger charge is -2.25. The van der Waals surface area contributed by atoms with Crippen molar-refractivity contribution < 1.29 is 26.7 Å². The predicted molar refractivity (Wildman–Crippen MR) is 136 cm³/mol. The van der Waals surface area contributed by atoms with Gasteiger partial charge < -0.3 is 15.2 Å². The summed E-state index contributed by atoms with van der Waals surface area (Å²) in [6.45, 7) is 1.04. The van der Waals surface area contributed by atoms with Crippen LogP contribution in [-0.2, 0) is 14.8 Å². The van der Waals surface area contributed by atoms with Crippen LogP contribution >= 0.6 is 0 Å². The van der Waals surface area contributed by atoms with E-state index in [9.17, 15) is 22.0 Å². The number of sulfonamides is 1. The molecule has 0 amide bonds. The van der Waals surface area contributed by atoms with Crippen LogP contribution in [-0.4, -0.2) is 43.3 Å². The van der Waals surface area contributed by atoms with Crippen LogP contribution in [0.1, 0.15) is 18.9 Å². The summed E-state index contributed by atoms with van der Waals surface area (Å²) in [6.07, 6.45) is 2.72. The minimum Gasteiger partial charge on any atom is -0.480 e. The molecular weight excluding hydrogens is 520 g/mol. The summed E-state index contributed by atoms with van der Waals surface area (Å²) in [6, 6.07) is 8.40. The molecule has 0 bridgehead atoms. The third-order valence-electron chi connectivity index (χ3n) is 6.29. The molecule has 1 aliphatic rings. The molecule has 2 aromatic carbocycles. The van der Waals surface area contributed by atoms with E-state index in [1.165, 1.54) is 23.9 Å². The Kier molecular flexibility index (Phi) is 6.71. The summed E-state index contributed by atoms with van der Waals surface area (Å²) in [5.41, 5.74) is 7.14. The lowest BCUT2D eigenvalue weighted by molar-refractivity contribution is 0.0692. The van der Waals surface area contributed by atoms with Crippen molar-refractivity contribution in [3.05, 3.63) is 70.6 Å². The number of nitrogens with one attached hydrogen (secondary N) is 1. The Morgan fingerprint density at radius 1 is 1.11 bits per heavy atom. The quantitative estimate of drug-likeness (QED) is 0.377. The Morgan fingerprint density at radius 2 is 1.87 bits per heavy atom. The summed E-state index contributed by atoms with van der Waals surface area (Å²) in [4.78, 5) is 21.2. The molecule has 13 heteroatoms. The molecule has 198 valence electrons. The lowest BCUT2D eigenvalue weighted by atomic mass is 10.0. The van der Waals surface area contributed by atoms with E-state index in [0.717, 1.165) is 12.1 Å². The highest BCUT2D eigenvalue weighted by molar-refractivity contribution is 7.92. The minimum atomic E-state index is -4.46. The maximum atomic E-state index is 14.2. The number of nitrogens with two attached hydrogens (primary N) is 1. The summed E-state index contributed by atoms with van der Waals surface area (Å²) >= 11 is 0. The fourth-order valence-corrected chi connectivity index (χ4v) is 5.54. The molecular formula is C25H23F2N5O5S. The summed E-state index contributed by atoms with van der Waals surface area (Å²) in [5.74, 6) is -2.11. The highest BCUT2D eigenvalue weighted by atomic mass is 32.2. The Hall–Kier alpha value is -4.10. The van der Waals surface area contributed by atoms with Gasteiger partial charge in [0.15, 0.2) is 0 Å². The molecule has 1 fully saturated rings. The Bertz CT molecular complexity index is 1700. The monoisotopic (exact) mass is 543 g/mol. The molecule has 5 rings (SSSR count). The topological polar surface area (TPSA) is 138 Å². The molecule has 0 spiro atoms. The van der Waals surface area contributed by atoms with Crippen LogP contribution in [0.5, 0.6) is 5.88 Å². The molecule has 2 aromatic heterocycles. The number of rotatable bonds is 6. The number of benzene rings is 2. The molecule has 0 atom stereocenters. The highest BCUT2D eigenvalue weighted by Crippen LogP contribution is 2.32. The summed E-state index contributed by atoms with van der Waals surface area (Å²) < 4.78 is 67.5. The number of pyridine rings is 1. The second kappa shape index (κ2) is 9.99. The smallest absolute Gasteiger partial charge is 0.264 e. The van der Waals surface area contributed by atoms with E-state index in [4.69, 9.17) is 15.2 Å². The molecule has 1 aliphatic heterocycles. The number of halogens is 2. The van der Waals surface area contributed by atoms with Gasteiger partial charge in [0.2, 0.25) is 11.8 Å². The predicted octanol–water partition coefficient (Wildman–Crippen LogP) is 3.48. The fourth-order valence-electron chi connectivity index (χ4n) is 4.43. The molecule has 0 aliphatic carbocycles. The molecule has 0 radical (unpaired) electrons. The maximum absolute atomic E-state index is 14.2. The van der Waals surface area contributed by atoms with Gasteiger partial charge in [0.1, 0.15) is 22.2 Å². The minimum absolute atomic E-state index is 0.0723. The largest absolute Gasteiger partial charge is 0.480 e. The van der Waals surface area contributed by atoms with E-state index in [-0.39, 0.29) is 29.1 Å². The van der Waals surface area contributed by atoms with E-state index in [1.54, 1.807) is 18.2 Å². The molecule has 38 heavy (non-hydrogen) atoms. The van der Waals surface area contributed by atoms with Gasteiger partial charge in [-0.25, -0.2) is 27.2 Å². The third kappa shape index (κ3) is 4.77. The zero-order chi connectivity index (χ0) is 27.0. The number of aromatic nitrogens is 3. The number of ether oxygens (including phenoxy) is 2. The van der Waals surface area contributed by atoms with Gasteiger partial charge in [-0.1, -0.05) is 6.07 Å². The first-order chi connectivity index (χ1) is 18.2. The normalized spacial score (nSPS) is 14.5. The first kappa shape index (κ1) is 25.5. The third-order valence-corrected chi connectivity index (χ3v) is 7.69. The van der Waals surface area contributed by atoms with Gasteiger partial charge >= 0.3 is 0 Å².